The van der Waals surface area contributed by atoms with Gasteiger partial charge in [0.15, 0.2) is 5.75 Å². The predicted molar refractivity (Wildman–Crippen MR) is 101 cm³/mol. The highest BCUT2D eigenvalue weighted by Crippen LogP contribution is 2.34. The molecule has 0 aliphatic heterocycles. The zero-order chi connectivity index (χ0) is 21.0. The first-order valence-electron chi connectivity index (χ1n) is 7.95. The van der Waals surface area contributed by atoms with E-state index in [4.69, 9.17) is 15.2 Å². The van der Waals surface area contributed by atoms with Gasteiger partial charge in [-0.05, 0) is 31.5 Å². The molecular formula is C17H17N3O7S. The summed E-state index contributed by atoms with van der Waals surface area (Å²) in [4.78, 5) is 47.0. The lowest BCUT2D eigenvalue weighted by molar-refractivity contribution is -0.385. The third kappa shape index (κ3) is 4.09. The van der Waals surface area contributed by atoms with Crippen molar-refractivity contribution in [2.24, 2.45) is 5.73 Å². The minimum Gasteiger partial charge on any atom is -0.490 e. The number of nitrogens with zero attached hydrogens (tertiary/aromatic N) is 1. The molecule has 0 fully saturated rings. The van der Waals surface area contributed by atoms with Crippen LogP contribution in [0.3, 0.4) is 0 Å². The zero-order valence-electron chi connectivity index (χ0n) is 15.2. The topological polar surface area (TPSA) is 151 Å². The van der Waals surface area contributed by atoms with Crippen molar-refractivity contribution in [1.29, 1.82) is 0 Å². The fourth-order valence-electron chi connectivity index (χ4n) is 2.43. The van der Waals surface area contributed by atoms with Crippen molar-refractivity contribution in [3.63, 3.8) is 0 Å². The first kappa shape index (κ1) is 20.8. The summed E-state index contributed by atoms with van der Waals surface area (Å²) in [5, 5.41) is 13.7. The number of primary amides is 1. The summed E-state index contributed by atoms with van der Waals surface area (Å²) in [7, 11) is 1.27. The number of nitrogens with one attached hydrogen (secondary N) is 1. The molecule has 0 aliphatic carbocycles. The summed E-state index contributed by atoms with van der Waals surface area (Å²) in [6.45, 7) is 3.22. The molecule has 0 saturated heterocycles. The van der Waals surface area contributed by atoms with Gasteiger partial charge in [0.2, 0.25) is 0 Å². The van der Waals surface area contributed by atoms with Gasteiger partial charge in [0.05, 0.1) is 29.1 Å². The van der Waals surface area contributed by atoms with Crippen LogP contribution in [0.2, 0.25) is 0 Å². The number of nitrogens with two attached hydrogens (primary N) is 1. The predicted octanol–water partition coefficient (Wildman–Crippen LogP) is 2.50. The van der Waals surface area contributed by atoms with Crippen LogP contribution in [0.25, 0.3) is 0 Å². The summed E-state index contributed by atoms with van der Waals surface area (Å²) >= 11 is 0.824. The monoisotopic (exact) mass is 407 g/mol. The molecule has 0 aliphatic rings. The molecule has 0 unspecified atom stereocenters. The highest BCUT2D eigenvalue weighted by molar-refractivity contribution is 7.18. The third-order valence-corrected chi connectivity index (χ3v) is 4.94. The molecular weight excluding hydrogens is 390 g/mol. The van der Waals surface area contributed by atoms with E-state index in [0.717, 1.165) is 17.4 Å². The van der Waals surface area contributed by atoms with Crippen LogP contribution in [-0.4, -0.2) is 36.4 Å². The van der Waals surface area contributed by atoms with E-state index in [2.05, 4.69) is 5.32 Å². The van der Waals surface area contributed by atoms with Crippen molar-refractivity contribution in [3.05, 3.63) is 49.9 Å². The van der Waals surface area contributed by atoms with Crippen molar-refractivity contribution < 1.29 is 28.8 Å². The number of benzene rings is 1. The van der Waals surface area contributed by atoms with Crippen molar-refractivity contribution in [1.82, 2.24) is 0 Å². The number of hydrogen-bond acceptors (Lipinski definition) is 8. The lowest BCUT2D eigenvalue weighted by Gasteiger charge is -2.08. The van der Waals surface area contributed by atoms with Crippen LogP contribution in [0.15, 0.2) is 18.2 Å². The van der Waals surface area contributed by atoms with Gasteiger partial charge in [0.25, 0.3) is 11.8 Å². The summed E-state index contributed by atoms with van der Waals surface area (Å²) in [6, 6.07) is 3.67. The quantitative estimate of drug-likeness (QED) is 0.406. The minimum atomic E-state index is -0.756. The van der Waals surface area contributed by atoms with E-state index in [-0.39, 0.29) is 44.6 Å². The number of thiophene rings is 1. The average molecular weight is 407 g/mol. The molecule has 0 bridgehead atoms. The minimum absolute atomic E-state index is 0.00301. The van der Waals surface area contributed by atoms with Gasteiger partial charge in [-0.1, -0.05) is 0 Å². The first-order valence-corrected chi connectivity index (χ1v) is 8.76. The Morgan fingerprint density at radius 2 is 2.00 bits per heavy atom. The molecule has 2 rings (SSSR count). The van der Waals surface area contributed by atoms with Crippen LogP contribution in [0.1, 0.15) is 42.9 Å². The molecule has 28 heavy (non-hydrogen) atoms. The maximum Gasteiger partial charge on any atom is 0.341 e. The average Bonchev–Trinajstić information content (AvgIpc) is 2.97. The summed E-state index contributed by atoms with van der Waals surface area (Å²) < 4.78 is 9.87. The smallest absolute Gasteiger partial charge is 0.341 e. The molecule has 1 aromatic heterocycles. The molecule has 0 radical (unpaired) electrons. The molecule has 0 saturated carbocycles. The van der Waals surface area contributed by atoms with E-state index in [1.807, 2.05) is 0 Å². The van der Waals surface area contributed by atoms with Crippen LogP contribution in [-0.2, 0) is 4.74 Å². The number of rotatable bonds is 7. The Hall–Kier alpha value is -3.47. The lowest BCUT2D eigenvalue weighted by atomic mass is 10.1. The van der Waals surface area contributed by atoms with E-state index < -0.39 is 22.7 Å². The number of nitro benzene ring substituents is 1. The van der Waals surface area contributed by atoms with Crippen LogP contribution in [0.5, 0.6) is 5.75 Å². The number of methoxy groups -OCH3 is 1. The van der Waals surface area contributed by atoms with Crippen LogP contribution < -0.4 is 15.8 Å². The maximum atomic E-state index is 12.6. The number of ether oxygens (including phenoxy) is 2. The number of carbonyl (C=O) groups excluding carboxylic acids is 3. The molecule has 10 nitrogen and oxygen atoms in total. The molecule has 0 spiro atoms. The van der Waals surface area contributed by atoms with Gasteiger partial charge in [0, 0.05) is 11.6 Å². The summed E-state index contributed by atoms with van der Waals surface area (Å²) in [5.41, 5.74) is 5.19. The van der Waals surface area contributed by atoms with Gasteiger partial charge in [-0.15, -0.1) is 11.3 Å². The summed E-state index contributed by atoms with van der Waals surface area (Å²) in [6.07, 6.45) is 0. The van der Waals surface area contributed by atoms with Crippen molar-refractivity contribution in [2.75, 3.05) is 19.0 Å². The number of esters is 1. The van der Waals surface area contributed by atoms with Gasteiger partial charge in [-0.2, -0.15) is 0 Å². The Morgan fingerprint density at radius 1 is 1.32 bits per heavy atom. The van der Waals surface area contributed by atoms with Gasteiger partial charge < -0.3 is 20.5 Å². The van der Waals surface area contributed by atoms with Crippen LogP contribution >= 0.6 is 11.3 Å². The van der Waals surface area contributed by atoms with Crippen LogP contribution in [0, 0.1) is 17.0 Å². The SMILES string of the molecule is CCOC(=O)c1c(NC(=O)c2ccc(OC)c([N+](=O)[O-])c2)sc(C(N)=O)c1C. The Labute approximate surface area is 163 Å². The Kier molecular flexibility index (Phi) is 6.31. The van der Waals surface area contributed by atoms with Gasteiger partial charge in [-0.3, -0.25) is 19.7 Å². The third-order valence-electron chi connectivity index (χ3n) is 3.71. The van der Waals surface area contributed by atoms with Gasteiger partial charge >= 0.3 is 11.7 Å². The number of nitro groups is 1. The largest absolute Gasteiger partial charge is 0.490 e. The Balaban J connectivity index is 2.45. The van der Waals surface area contributed by atoms with E-state index in [0.29, 0.717) is 0 Å². The molecule has 0 atom stereocenters. The van der Waals surface area contributed by atoms with E-state index in [1.54, 1.807) is 6.92 Å². The second-order valence-corrected chi connectivity index (χ2v) is 6.46. The Bertz CT molecular complexity index is 968. The first-order chi connectivity index (χ1) is 13.2. The Morgan fingerprint density at radius 3 is 2.54 bits per heavy atom. The standard InChI is InChI=1S/C17H17N3O7S/c1-4-27-17(23)12-8(2)13(14(18)21)28-16(12)19-15(22)9-5-6-11(26-3)10(7-9)20(24)25/h5-7H,4H2,1-3H3,(H2,18,21)(H,19,22). The number of carbonyl (C=O) groups is 3. The second-order valence-electron chi connectivity index (χ2n) is 5.44. The van der Waals surface area contributed by atoms with Gasteiger partial charge in [-0.25, -0.2) is 4.79 Å². The normalized spacial score (nSPS) is 10.2. The lowest BCUT2D eigenvalue weighted by Crippen LogP contribution is -2.15. The zero-order valence-corrected chi connectivity index (χ0v) is 16.0. The maximum absolute atomic E-state index is 12.6. The molecule has 2 amide bonds. The fraction of sp³-hybridized carbons (Fsp3) is 0.235. The number of amides is 2. The highest BCUT2D eigenvalue weighted by Gasteiger charge is 2.26. The van der Waals surface area contributed by atoms with E-state index in [9.17, 15) is 24.5 Å². The number of hydrogen-bond donors (Lipinski definition) is 2. The molecule has 11 heteroatoms. The highest BCUT2D eigenvalue weighted by atomic mass is 32.1. The van der Waals surface area contributed by atoms with Crippen molar-refractivity contribution in [2.45, 2.75) is 13.8 Å². The van der Waals surface area contributed by atoms with Gasteiger partial charge in [0.1, 0.15) is 5.00 Å². The molecule has 3 N–H and O–H groups in total. The molecule has 1 heterocycles. The van der Waals surface area contributed by atoms with Crippen molar-refractivity contribution in [3.8, 4) is 5.75 Å². The van der Waals surface area contributed by atoms with E-state index >= 15 is 0 Å². The molecule has 148 valence electrons. The molecule has 1 aromatic carbocycles. The number of anilines is 1. The van der Waals surface area contributed by atoms with Crippen LogP contribution in [0.4, 0.5) is 10.7 Å². The fourth-order valence-corrected chi connectivity index (χ4v) is 3.48. The molecule has 2 aromatic rings. The van der Waals surface area contributed by atoms with E-state index in [1.165, 1.54) is 26.2 Å². The van der Waals surface area contributed by atoms with Crippen molar-refractivity contribution >= 4 is 39.8 Å². The second kappa shape index (κ2) is 8.48. The summed E-state index contributed by atoms with van der Waals surface area (Å²) in [5.74, 6) is -2.20.